The molecule has 6 heteroatoms. The zero-order chi connectivity index (χ0) is 18.5. The van der Waals surface area contributed by atoms with Gasteiger partial charge in [-0.1, -0.05) is 29.8 Å². The van der Waals surface area contributed by atoms with Crippen LogP contribution < -0.4 is 10.5 Å². The Morgan fingerprint density at radius 2 is 1.81 bits per heavy atom. The Morgan fingerprint density at radius 3 is 2.46 bits per heavy atom. The number of nitrogen functional groups attached to an aromatic ring is 1. The van der Waals surface area contributed by atoms with Crippen LogP contribution >= 0.6 is 11.6 Å². The van der Waals surface area contributed by atoms with Crippen LogP contribution in [0.5, 0.6) is 5.75 Å². The highest BCUT2D eigenvalue weighted by molar-refractivity contribution is 6.30. The van der Waals surface area contributed by atoms with Crippen LogP contribution in [-0.2, 0) is 11.3 Å². The highest BCUT2D eigenvalue weighted by Gasteiger charge is 2.21. The van der Waals surface area contributed by atoms with Crippen LogP contribution in [0.2, 0.25) is 5.02 Å². The lowest BCUT2D eigenvalue weighted by atomic mass is 10.2. The molecule has 0 atom stereocenters. The summed E-state index contributed by atoms with van der Waals surface area (Å²) in [7, 11) is 0. The molecule has 1 saturated heterocycles. The van der Waals surface area contributed by atoms with Crippen molar-refractivity contribution in [2.24, 2.45) is 0 Å². The van der Waals surface area contributed by atoms with Crippen LogP contribution in [0.4, 0.5) is 5.69 Å². The predicted octanol–water partition coefficient (Wildman–Crippen LogP) is 2.95. The number of carbonyl (C=O) groups excluding carboxylic acids is 1. The first kappa shape index (κ1) is 18.5. The van der Waals surface area contributed by atoms with Gasteiger partial charge in [0.05, 0.1) is 5.69 Å². The Labute approximate surface area is 159 Å². The van der Waals surface area contributed by atoms with Gasteiger partial charge in [0.1, 0.15) is 5.75 Å². The fraction of sp³-hybridized carbons (Fsp3) is 0.350. The lowest BCUT2D eigenvalue weighted by Crippen LogP contribution is -2.49. The maximum atomic E-state index is 12.4. The molecule has 0 radical (unpaired) electrons. The predicted molar refractivity (Wildman–Crippen MR) is 104 cm³/mol. The summed E-state index contributed by atoms with van der Waals surface area (Å²) in [5.41, 5.74) is 8.78. The Kier molecular flexibility index (Phi) is 6.01. The molecule has 5 nitrogen and oxygen atoms in total. The average molecular weight is 374 g/mol. The van der Waals surface area contributed by atoms with Crippen molar-refractivity contribution in [2.45, 2.75) is 13.5 Å². The second kappa shape index (κ2) is 8.43. The van der Waals surface area contributed by atoms with E-state index in [4.69, 9.17) is 22.1 Å². The minimum atomic E-state index is -0.00359. The molecule has 2 aromatic carbocycles. The molecule has 0 aliphatic carbocycles. The molecule has 2 aromatic rings. The van der Waals surface area contributed by atoms with E-state index < -0.39 is 0 Å². The molecule has 138 valence electrons. The Morgan fingerprint density at radius 1 is 1.12 bits per heavy atom. The number of hydrogen-bond acceptors (Lipinski definition) is 4. The van der Waals surface area contributed by atoms with Gasteiger partial charge in [0.25, 0.3) is 5.91 Å². The number of carbonyl (C=O) groups is 1. The van der Waals surface area contributed by atoms with Crippen LogP contribution in [0.3, 0.4) is 0 Å². The monoisotopic (exact) mass is 373 g/mol. The van der Waals surface area contributed by atoms with E-state index in [0.29, 0.717) is 24.5 Å². The van der Waals surface area contributed by atoms with Gasteiger partial charge in [0.15, 0.2) is 6.61 Å². The number of aryl methyl sites for hydroxylation is 1. The molecule has 1 heterocycles. The Hall–Kier alpha value is -2.24. The van der Waals surface area contributed by atoms with E-state index in [1.807, 2.05) is 54.3 Å². The summed E-state index contributed by atoms with van der Waals surface area (Å²) in [6.07, 6.45) is 0. The van der Waals surface area contributed by atoms with E-state index in [9.17, 15) is 4.79 Å². The van der Waals surface area contributed by atoms with Crippen LogP contribution in [0.1, 0.15) is 11.1 Å². The number of nitrogens with two attached hydrogens (primary N) is 1. The molecule has 1 aliphatic heterocycles. The number of piperazine rings is 1. The minimum absolute atomic E-state index is 0.00359. The first-order valence-electron chi connectivity index (χ1n) is 8.75. The normalized spacial score (nSPS) is 15.1. The van der Waals surface area contributed by atoms with E-state index in [2.05, 4.69) is 4.90 Å². The molecule has 1 aliphatic rings. The number of rotatable bonds is 5. The molecule has 26 heavy (non-hydrogen) atoms. The maximum absolute atomic E-state index is 12.4. The van der Waals surface area contributed by atoms with Crippen LogP contribution in [0.15, 0.2) is 42.5 Å². The molecule has 0 spiro atoms. The topological polar surface area (TPSA) is 58.8 Å². The van der Waals surface area contributed by atoms with E-state index in [0.717, 1.165) is 30.2 Å². The first-order chi connectivity index (χ1) is 12.5. The molecule has 0 bridgehead atoms. The molecule has 3 rings (SSSR count). The van der Waals surface area contributed by atoms with Gasteiger partial charge >= 0.3 is 0 Å². The van der Waals surface area contributed by atoms with Gasteiger partial charge in [0.2, 0.25) is 0 Å². The number of ether oxygens (including phenoxy) is 1. The Balaban J connectivity index is 1.45. The third kappa shape index (κ3) is 4.90. The lowest BCUT2D eigenvalue weighted by Gasteiger charge is -2.34. The van der Waals surface area contributed by atoms with Crippen molar-refractivity contribution in [3.63, 3.8) is 0 Å². The molecular formula is C20H24ClN3O2. The van der Waals surface area contributed by atoms with Crippen molar-refractivity contribution >= 4 is 23.2 Å². The highest BCUT2D eigenvalue weighted by atomic mass is 35.5. The van der Waals surface area contributed by atoms with Gasteiger partial charge < -0.3 is 15.4 Å². The van der Waals surface area contributed by atoms with Crippen molar-refractivity contribution in [3.05, 3.63) is 58.6 Å². The van der Waals surface area contributed by atoms with Gasteiger partial charge in [-0.15, -0.1) is 0 Å². The summed E-state index contributed by atoms with van der Waals surface area (Å²) >= 11 is 5.92. The summed E-state index contributed by atoms with van der Waals surface area (Å²) in [5.74, 6) is 0.557. The van der Waals surface area contributed by atoms with Crippen molar-refractivity contribution < 1.29 is 9.53 Å². The molecule has 1 fully saturated rings. The number of amides is 1. The largest absolute Gasteiger partial charge is 0.482 e. The smallest absolute Gasteiger partial charge is 0.260 e. The molecular weight excluding hydrogens is 350 g/mol. The quantitative estimate of drug-likeness (QED) is 0.818. The number of nitrogens with zero attached hydrogens (tertiary/aromatic N) is 2. The van der Waals surface area contributed by atoms with Crippen molar-refractivity contribution in [1.82, 2.24) is 9.80 Å². The second-order valence-corrected chi connectivity index (χ2v) is 7.05. The van der Waals surface area contributed by atoms with Crippen LogP contribution in [-0.4, -0.2) is 48.5 Å². The highest BCUT2D eigenvalue weighted by Crippen LogP contribution is 2.22. The maximum Gasteiger partial charge on any atom is 0.260 e. The zero-order valence-electron chi connectivity index (χ0n) is 15.0. The SMILES string of the molecule is Cc1ccc(OCC(=O)N2CCN(Cc3ccc(Cl)cc3)CC2)c(N)c1. The third-order valence-electron chi connectivity index (χ3n) is 4.56. The van der Waals surface area contributed by atoms with Gasteiger partial charge in [-0.2, -0.15) is 0 Å². The van der Waals surface area contributed by atoms with Crippen molar-refractivity contribution in [2.75, 3.05) is 38.5 Å². The minimum Gasteiger partial charge on any atom is -0.482 e. The van der Waals surface area contributed by atoms with Crippen LogP contribution in [0, 0.1) is 6.92 Å². The zero-order valence-corrected chi connectivity index (χ0v) is 15.7. The van der Waals surface area contributed by atoms with Crippen LogP contribution in [0.25, 0.3) is 0 Å². The van der Waals surface area contributed by atoms with Crippen molar-refractivity contribution in [3.8, 4) is 5.75 Å². The standard InChI is InChI=1S/C20H24ClN3O2/c1-15-2-7-19(18(22)12-15)26-14-20(25)24-10-8-23(9-11-24)13-16-3-5-17(21)6-4-16/h2-7,12H,8-11,13-14,22H2,1H3. The van der Waals surface area contributed by atoms with E-state index in [1.54, 1.807) is 0 Å². The number of benzene rings is 2. The number of halogens is 1. The van der Waals surface area contributed by atoms with E-state index in [-0.39, 0.29) is 12.5 Å². The van der Waals surface area contributed by atoms with Gasteiger partial charge in [-0.25, -0.2) is 0 Å². The molecule has 0 unspecified atom stereocenters. The van der Waals surface area contributed by atoms with Gasteiger partial charge in [0, 0.05) is 37.7 Å². The van der Waals surface area contributed by atoms with Gasteiger partial charge in [-0.05, 0) is 42.3 Å². The van der Waals surface area contributed by atoms with E-state index >= 15 is 0 Å². The second-order valence-electron chi connectivity index (χ2n) is 6.61. The molecule has 0 saturated carbocycles. The number of hydrogen-bond donors (Lipinski definition) is 1. The summed E-state index contributed by atoms with van der Waals surface area (Å²) < 4.78 is 5.60. The van der Waals surface area contributed by atoms with E-state index in [1.165, 1.54) is 5.56 Å². The Bertz CT molecular complexity index is 756. The van der Waals surface area contributed by atoms with Crippen molar-refractivity contribution in [1.29, 1.82) is 0 Å². The molecule has 1 amide bonds. The molecule has 2 N–H and O–H groups in total. The third-order valence-corrected chi connectivity index (χ3v) is 4.81. The number of anilines is 1. The van der Waals surface area contributed by atoms with Gasteiger partial charge in [-0.3, -0.25) is 9.69 Å². The fourth-order valence-corrected chi connectivity index (χ4v) is 3.16. The average Bonchev–Trinajstić information content (AvgIpc) is 2.63. The summed E-state index contributed by atoms with van der Waals surface area (Å²) in [5, 5.41) is 0.748. The fourth-order valence-electron chi connectivity index (χ4n) is 3.03. The summed E-state index contributed by atoms with van der Waals surface area (Å²) in [6, 6.07) is 13.5. The summed E-state index contributed by atoms with van der Waals surface area (Å²) in [6.45, 7) is 5.97. The first-order valence-corrected chi connectivity index (χ1v) is 9.12. The lowest BCUT2D eigenvalue weighted by molar-refractivity contribution is -0.135. The summed E-state index contributed by atoms with van der Waals surface area (Å²) in [4.78, 5) is 16.6. The molecule has 0 aromatic heterocycles.